The minimum Gasteiger partial charge on any atom is -0.309 e. The normalized spacial score (nSPS) is 29.5. The zero-order chi connectivity index (χ0) is 10.1. The number of hydrogen-bond acceptors (Lipinski definition) is 3. The Morgan fingerprint density at radius 1 is 1.38 bits per heavy atom. The van der Waals surface area contributed by atoms with Gasteiger partial charge in [-0.1, -0.05) is 6.08 Å². The van der Waals surface area contributed by atoms with Gasteiger partial charge in [-0.15, -0.1) is 0 Å². The van der Waals surface area contributed by atoms with Crippen LogP contribution in [0.4, 0.5) is 0 Å². The van der Waals surface area contributed by atoms with Crippen molar-refractivity contribution in [2.24, 2.45) is 0 Å². The first-order valence-electron chi connectivity index (χ1n) is 4.44. The van der Waals surface area contributed by atoms with Crippen LogP contribution in [0.1, 0.15) is 19.8 Å². The molecule has 0 heterocycles. The smallest absolute Gasteiger partial charge is 0.0412 e. The van der Waals surface area contributed by atoms with Crippen molar-refractivity contribution in [3.63, 3.8) is 0 Å². The summed E-state index contributed by atoms with van der Waals surface area (Å²) in [5.74, 6) is 0. The van der Waals surface area contributed by atoms with Gasteiger partial charge in [0, 0.05) is 29.8 Å². The van der Waals surface area contributed by atoms with Crippen LogP contribution in [0.15, 0.2) is 12.2 Å². The van der Waals surface area contributed by atoms with Gasteiger partial charge in [-0.2, -0.15) is 0 Å². The molecule has 0 spiro atoms. The van der Waals surface area contributed by atoms with E-state index in [1.54, 1.807) is 0 Å². The highest BCUT2D eigenvalue weighted by molar-refractivity contribution is 6.08. The fourth-order valence-electron chi connectivity index (χ4n) is 1.43. The van der Waals surface area contributed by atoms with E-state index >= 15 is 0 Å². The zero-order valence-electron chi connectivity index (χ0n) is 8.52. The van der Waals surface area contributed by atoms with Gasteiger partial charge < -0.3 is 15.7 Å². The highest BCUT2D eigenvalue weighted by Gasteiger charge is 2.27. The maximum atomic E-state index is 7.70. The van der Waals surface area contributed by atoms with Crippen LogP contribution in [0.5, 0.6) is 0 Å². The quantitative estimate of drug-likeness (QED) is 0.632. The van der Waals surface area contributed by atoms with Crippen LogP contribution in [0.25, 0.3) is 0 Å². The summed E-state index contributed by atoms with van der Waals surface area (Å²) in [6.45, 7) is 2.09. The van der Waals surface area contributed by atoms with Crippen molar-refractivity contribution < 1.29 is 0 Å². The summed E-state index contributed by atoms with van der Waals surface area (Å²) in [6.07, 6.45) is 5.07. The number of likely N-dealkylation sites (N-methyl/N-ethyl adjacent to an activating group) is 1. The molecule has 1 aliphatic rings. The van der Waals surface area contributed by atoms with E-state index in [0.717, 1.165) is 6.42 Å². The van der Waals surface area contributed by atoms with Crippen molar-refractivity contribution >= 4 is 11.4 Å². The second-order valence-corrected chi connectivity index (χ2v) is 4.07. The molecule has 2 N–H and O–H groups in total. The number of nitrogens with one attached hydrogen (secondary N) is 2. The van der Waals surface area contributed by atoms with E-state index < -0.39 is 0 Å². The Labute approximate surface area is 79.5 Å². The van der Waals surface area contributed by atoms with Crippen molar-refractivity contribution in [1.82, 2.24) is 4.90 Å². The predicted octanol–water partition coefficient (Wildman–Crippen LogP) is 1.70. The predicted molar refractivity (Wildman–Crippen MR) is 55.9 cm³/mol. The van der Waals surface area contributed by atoms with Gasteiger partial charge in [-0.3, -0.25) is 0 Å². The molecule has 0 fully saturated rings. The molecule has 3 heteroatoms. The monoisotopic (exact) mass is 179 g/mol. The highest BCUT2D eigenvalue weighted by atomic mass is 15.1. The third-order valence-corrected chi connectivity index (χ3v) is 2.64. The largest absolute Gasteiger partial charge is 0.309 e. The minimum absolute atomic E-state index is 0.0973. The molecule has 72 valence electrons. The molecule has 1 aliphatic carbocycles. The first kappa shape index (κ1) is 10.1. The summed E-state index contributed by atoms with van der Waals surface area (Å²) in [5.41, 5.74) is 1.08. The van der Waals surface area contributed by atoms with Crippen molar-refractivity contribution in [2.45, 2.75) is 25.3 Å². The first-order valence-corrected chi connectivity index (χ1v) is 4.44. The Bertz CT molecular complexity index is 265. The molecule has 3 nitrogen and oxygen atoms in total. The van der Waals surface area contributed by atoms with Gasteiger partial charge in [0.25, 0.3) is 0 Å². The summed E-state index contributed by atoms with van der Waals surface area (Å²) < 4.78 is 0. The summed E-state index contributed by atoms with van der Waals surface area (Å²) in [5, 5.41) is 15.2. The maximum absolute atomic E-state index is 7.70. The molecule has 0 aliphatic heterocycles. The Kier molecular flexibility index (Phi) is 2.66. The Morgan fingerprint density at radius 3 is 2.54 bits per heavy atom. The van der Waals surface area contributed by atoms with Crippen molar-refractivity contribution in [1.29, 1.82) is 10.8 Å². The molecule has 0 bridgehead atoms. The van der Waals surface area contributed by atoms with Gasteiger partial charge in [0.1, 0.15) is 0 Å². The second-order valence-electron chi connectivity index (χ2n) is 4.07. The van der Waals surface area contributed by atoms with Crippen LogP contribution in [0.3, 0.4) is 0 Å². The first-order chi connectivity index (χ1) is 5.94. The van der Waals surface area contributed by atoms with E-state index in [1.165, 1.54) is 0 Å². The van der Waals surface area contributed by atoms with Gasteiger partial charge in [0.2, 0.25) is 0 Å². The van der Waals surface area contributed by atoms with E-state index in [1.807, 2.05) is 26.2 Å². The number of nitrogens with zero attached hydrogens (tertiary/aromatic N) is 1. The summed E-state index contributed by atoms with van der Waals surface area (Å²) >= 11 is 0. The Hall–Kier alpha value is -0.960. The highest BCUT2D eigenvalue weighted by Crippen LogP contribution is 2.22. The number of hydrogen-bond donors (Lipinski definition) is 2. The zero-order valence-corrected chi connectivity index (χ0v) is 8.52. The lowest BCUT2D eigenvalue weighted by atomic mass is 9.94. The minimum atomic E-state index is -0.0973. The fourth-order valence-corrected chi connectivity index (χ4v) is 1.43. The Balaban J connectivity index is 2.93. The standard InChI is InChI=1S/C10H17N3/c1-10(13(2)3)5-4-8(11)6-9(12)7-10/h4-5,11-12H,6-7H2,1-3H3. The van der Waals surface area contributed by atoms with Crippen LogP contribution in [-0.2, 0) is 0 Å². The molecule has 0 saturated heterocycles. The molecule has 13 heavy (non-hydrogen) atoms. The van der Waals surface area contributed by atoms with Crippen LogP contribution in [0, 0.1) is 10.8 Å². The second kappa shape index (κ2) is 3.42. The van der Waals surface area contributed by atoms with Crippen LogP contribution < -0.4 is 0 Å². The molecule has 0 aromatic heterocycles. The number of allylic oxidation sites excluding steroid dienone is 1. The fraction of sp³-hybridized carbons (Fsp3) is 0.600. The van der Waals surface area contributed by atoms with Crippen molar-refractivity contribution in [3.05, 3.63) is 12.2 Å². The lowest BCUT2D eigenvalue weighted by Gasteiger charge is -2.32. The van der Waals surface area contributed by atoms with Gasteiger partial charge in [0.15, 0.2) is 0 Å². The third kappa shape index (κ3) is 2.25. The summed E-state index contributed by atoms with van der Waals surface area (Å²) in [4.78, 5) is 2.09. The lowest BCUT2D eigenvalue weighted by Crippen LogP contribution is -2.40. The molecule has 0 radical (unpaired) electrons. The van der Waals surface area contributed by atoms with Crippen LogP contribution in [0.2, 0.25) is 0 Å². The molecule has 0 aromatic carbocycles. The van der Waals surface area contributed by atoms with Gasteiger partial charge in [-0.25, -0.2) is 0 Å². The topological polar surface area (TPSA) is 50.9 Å². The summed E-state index contributed by atoms with van der Waals surface area (Å²) in [7, 11) is 4.01. The van der Waals surface area contributed by atoms with Crippen LogP contribution in [-0.4, -0.2) is 36.0 Å². The van der Waals surface area contributed by atoms with Gasteiger partial charge in [0.05, 0.1) is 0 Å². The molecule has 0 saturated carbocycles. The molecule has 0 aromatic rings. The number of rotatable bonds is 1. The van der Waals surface area contributed by atoms with Crippen molar-refractivity contribution in [2.75, 3.05) is 14.1 Å². The summed E-state index contributed by atoms with van der Waals surface area (Å²) in [6, 6.07) is 0. The average Bonchev–Trinajstić information content (AvgIpc) is 2.11. The maximum Gasteiger partial charge on any atom is 0.0412 e. The molecular weight excluding hydrogens is 162 g/mol. The lowest BCUT2D eigenvalue weighted by molar-refractivity contribution is 0.237. The van der Waals surface area contributed by atoms with E-state index in [4.69, 9.17) is 10.8 Å². The van der Waals surface area contributed by atoms with Crippen molar-refractivity contribution in [3.8, 4) is 0 Å². The van der Waals surface area contributed by atoms with E-state index in [0.29, 0.717) is 17.8 Å². The third-order valence-electron chi connectivity index (χ3n) is 2.64. The van der Waals surface area contributed by atoms with E-state index in [9.17, 15) is 0 Å². The Morgan fingerprint density at radius 2 is 2.00 bits per heavy atom. The molecule has 1 rings (SSSR count). The molecular formula is C10H17N3. The molecule has 1 atom stereocenters. The van der Waals surface area contributed by atoms with Gasteiger partial charge in [-0.05, 0) is 27.1 Å². The van der Waals surface area contributed by atoms with E-state index in [-0.39, 0.29) is 5.54 Å². The molecule has 1 unspecified atom stereocenters. The average molecular weight is 179 g/mol. The van der Waals surface area contributed by atoms with Gasteiger partial charge >= 0.3 is 0 Å². The van der Waals surface area contributed by atoms with E-state index in [2.05, 4.69) is 11.8 Å². The van der Waals surface area contributed by atoms with Crippen LogP contribution >= 0.6 is 0 Å². The SMILES string of the molecule is CN(C)C1(C)C=CC(=N)CC(=N)C1. The molecule has 0 amide bonds.